The van der Waals surface area contributed by atoms with Gasteiger partial charge in [-0.3, -0.25) is 9.52 Å². The molecule has 0 aliphatic heterocycles. The highest BCUT2D eigenvalue weighted by atomic mass is 32.2. The van der Waals surface area contributed by atoms with Crippen molar-refractivity contribution >= 4 is 33.0 Å². The average Bonchev–Trinajstić information content (AvgIpc) is 2.99. The molecule has 1 heterocycles. The largest absolute Gasteiger partial charge is 0.350 e. The minimum absolute atomic E-state index is 0.0810. The first kappa shape index (κ1) is 18.4. The molecule has 6 nitrogen and oxygen atoms in total. The van der Waals surface area contributed by atoms with Crippen LogP contribution < -0.4 is 10.0 Å². The molecule has 130 valence electrons. The predicted octanol–water partition coefficient (Wildman–Crippen LogP) is 2.15. The van der Waals surface area contributed by atoms with Gasteiger partial charge in [0.15, 0.2) is 0 Å². The summed E-state index contributed by atoms with van der Waals surface area (Å²) in [5.41, 5.74) is 1.93. The third kappa shape index (κ3) is 5.33. The minimum atomic E-state index is -3.37. The Labute approximate surface area is 146 Å². The molecule has 24 heavy (non-hydrogen) atoms. The quantitative estimate of drug-likeness (QED) is 0.786. The highest BCUT2D eigenvalue weighted by Crippen LogP contribution is 2.20. The van der Waals surface area contributed by atoms with Gasteiger partial charge in [0.05, 0.1) is 12.3 Å². The van der Waals surface area contributed by atoms with Crippen LogP contribution in [0.2, 0.25) is 0 Å². The van der Waals surface area contributed by atoms with E-state index in [1.807, 2.05) is 30.4 Å². The molecule has 1 aromatic carbocycles. The third-order valence-electron chi connectivity index (χ3n) is 3.44. The number of nitrogens with zero attached hydrogens (tertiary/aromatic N) is 1. The highest BCUT2D eigenvalue weighted by molar-refractivity contribution is 7.92. The fourth-order valence-electron chi connectivity index (χ4n) is 2.29. The van der Waals surface area contributed by atoms with Crippen LogP contribution in [0, 0.1) is 0 Å². The Morgan fingerprint density at radius 1 is 1.29 bits per heavy atom. The number of anilines is 1. The molecule has 0 saturated carbocycles. The smallest absolute Gasteiger partial charge is 0.251 e. The molecule has 1 atom stereocenters. The van der Waals surface area contributed by atoms with Gasteiger partial charge in [0.2, 0.25) is 10.0 Å². The molecule has 0 bridgehead atoms. The van der Waals surface area contributed by atoms with Gasteiger partial charge in [-0.2, -0.15) is 11.3 Å². The summed E-state index contributed by atoms with van der Waals surface area (Å²) in [6, 6.07) is 8.54. The fourth-order valence-corrected chi connectivity index (χ4v) is 3.55. The summed E-state index contributed by atoms with van der Waals surface area (Å²) in [5.74, 6) is -0.241. The molecule has 8 heteroatoms. The maximum Gasteiger partial charge on any atom is 0.251 e. The van der Waals surface area contributed by atoms with Crippen LogP contribution in [-0.2, 0) is 10.0 Å². The SMILES string of the molecule is CN(C)C(CNC(=O)c1cccc(NS(C)(=O)=O)c1)c1ccsc1. The van der Waals surface area contributed by atoms with Gasteiger partial charge in [-0.05, 0) is 54.7 Å². The molecule has 1 unspecified atom stereocenters. The van der Waals surface area contributed by atoms with E-state index in [-0.39, 0.29) is 11.9 Å². The van der Waals surface area contributed by atoms with Crippen LogP contribution in [-0.4, -0.2) is 46.1 Å². The van der Waals surface area contributed by atoms with E-state index in [9.17, 15) is 13.2 Å². The van der Waals surface area contributed by atoms with Crippen LogP contribution in [0.5, 0.6) is 0 Å². The second-order valence-corrected chi connectivity index (χ2v) is 8.23. The van der Waals surface area contributed by atoms with Crippen LogP contribution in [0.3, 0.4) is 0 Å². The summed E-state index contributed by atoms with van der Waals surface area (Å²) in [6.07, 6.45) is 1.07. The number of amides is 1. The number of nitrogens with one attached hydrogen (secondary N) is 2. The van der Waals surface area contributed by atoms with Crippen molar-refractivity contribution in [2.45, 2.75) is 6.04 Å². The second kappa shape index (κ2) is 7.78. The Morgan fingerprint density at radius 3 is 2.62 bits per heavy atom. The summed E-state index contributed by atoms with van der Waals surface area (Å²) in [4.78, 5) is 14.4. The Bertz CT molecular complexity index is 787. The maximum atomic E-state index is 12.4. The van der Waals surface area contributed by atoms with E-state index in [2.05, 4.69) is 15.4 Å². The summed E-state index contributed by atoms with van der Waals surface area (Å²) < 4.78 is 24.9. The van der Waals surface area contributed by atoms with Crippen LogP contribution in [0.4, 0.5) is 5.69 Å². The van der Waals surface area contributed by atoms with Gasteiger partial charge < -0.3 is 10.2 Å². The number of hydrogen-bond donors (Lipinski definition) is 2. The lowest BCUT2D eigenvalue weighted by Gasteiger charge is -2.24. The lowest BCUT2D eigenvalue weighted by Crippen LogP contribution is -2.34. The summed E-state index contributed by atoms with van der Waals surface area (Å²) in [7, 11) is 0.553. The molecule has 2 aromatic rings. The van der Waals surface area contributed by atoms with Crippen molar-refractivity contribution in [2.75, 3.05) is 31.6 Å². The van der Waals surface area contributed by atoms with Crippen LogP contribution in [0.1, 0.15) is 22.0 Å². The van der Waals surface area contributed by atoms with E-state index in [0.29, 0.717) is 17.8 Å². The lowest BCUT2D eigenvalue weighted by atomic mass is 10.1. The number of hydrogen-bond acceptors (Lipinski definition) is 5. The molecule has 0 aliphatic rings. The van der Waals surface area contributed by atoms with Crippen molar-refractivity contribution in [3.8, 4) is 0 Å². The Balaban J connectivity index is 2.05. The normalized spacial score (nSPS) is 12.8. The van der Waals surface area contributed by atoms with Gasteiger partial charge >= 0.3 is 0 Å². The highest BCUT2D eigenvalue weighted by Gasteiger charge is 2.16. The molecule has 0 spiro atoms. The molecule has 1 amide bonds. The van der Waals surface area contributed by atoms with Crippen molar-refractivity contribution in [1.82, 2.24) is 10.2 Å². The van der Waals surface area contributed by atoms with Crippen LogP contribution in [0.25, 0.3) is 0 Å². The maximum absolute atomic E-state index is 12.4. The molecule has 0 aliphatic carbocycles. The van der Waals surface area contributed by atoms with Crippen molar-refractivity contribution in [3.63, 3.8) is 0 Å². The van der Waals surface area contributed by atoms with Gasteiger partial charge in [0.25, 0.3) is 5.91 Å². The van der Waals surface area contributed by atoms with Gasteiger partial charge in [-0.1, -0.05) is 6.07 Å². The average molecular weight is 367 g/mol. The minimum Gasteiger partial charge on any atom is -0.350 e. The number of thiophene rings is 1. The number of carbonyl (C=O) groups excluding carboxylic acids is 1. The van der Waals surface area contributed by atoms with Crippen molar-refractivity contribution in [1.29, 1.82) is 0 Å². The van der Waals surface area contributed by atoms with Crippen molar-refractivity contribution in [3.05, 3.63) is 52.2 Å². The Morgan fingerprint density at radius 2 is 2.04 bits per heavy atom. The predicted molar refractivity (Wildman–Crippen MR) is 98.0 cm³/mol. The number of carbonyl (C=O) groups is 1. The second-order valence-electron chi connectivity index (χ2n) is 5.70. The number of likely N-dealkylation sites (N-methyl/N-ethyl adjacent to an activating group) is 1. The molecular weight excluding hydrogens is 346 g/mol. The number of sulfonamides is 1. The van der Waals surface area contributed by atoms with E-state index in [4.69, 9.17) is 0 Å². The van der Waals surface area contributed by atoms with E-state index >= 15 is 0 Å². The molecule has 0 fully saturated rings. The third-order valence-corrected chi connectivity index (χ3v) is 4.74. The van der Waals surface area contributed by atoms with Crippen molar-refractivity contribution in [2.24, 2.45) is 0 Å². The zero-order valence-electron chi connectivity index (χ0n) is 13.8. The summed E-state index contributed by atoms with van der Waals surface area (Å²) >= 11 is 1.62. The lowest BCUT2D eigenvalue weighted by molar-refractivity contribution is 0.0942. The zero-order valence-corrected chi connectivity index (χ0v) is 15.4. The zero-order chi connectivity index (χ0) is 17.7. The molecule has 0 saturated heterocycles. The fraction of sp³-hybridized carbons (Fsp3) is 0.312. The molecule has 2 rings (SSSR count). The van der Waals surface area contributed by atoms with Gasteiger partial charge in [0.1, 0.15) is 0 Å². The molecule has 1 aromatic heterocycles. The Kier molecular flexibility index (Phi) is 5.98. The first-order valence-corrected chi connectivity index (χ1v) is 10.1. The van der Waals surface area contributed by atoms with Gasteiger partial charge in [0, 0.05) is 17.8 Å². The van der Waals surface area contributed by atoms with E-state index in [1.54, 1.807) is 29.5 Å². The first-order valence-electron chi connectivity index (χ1n) is 7.31. The van der Waals surface area contributed by atoms with Gasteiger partial charge in [-0.25, -0.2) is 8.42 Å². The van der Waals surface area contributed by atoms with Gasteiger partial charge in [-0.15, -0.1) is 0 Å². The molecule has 2 N–H and O–H groups in total. The Hall–Kier alpha value is -1.90. The van der Waals surface area contributed by atoms with E-state index in [1.165, 1.54) is 6.07 Å². The van der Waals surface area contributed by atoms with Crippen LogP contribution >= 0.6 is 11.3 Å². The molecule has 0 radical (unpaired) electrons. The van der Waals surface area contributed by atoms with Crippen molar-refractivity contribution < 1.29 is 13.2 Å². The van der Waals surface area contributed by atoms with E-state index in [0.717, 1.165) is 11.8 Å². The van der Waals surface area contributed by atoms with Crippen LogP contribution in [0.15, 0.2) is 41.1 Å². The summed E-state index contributed by atoms with van der Waals surface area (Å²) in [6.45, 7) is 0.465. The standard InChI is InChI=1S/C16H21N3O3S2/c1-19(2)15(13-7-8-23-11-13)10-17-16(20)12-5-4-6-14(9-12)18-24(3,21)22/h4-9,11,15,18H,10H2,1-3H3,(H,17,20). The number of benzene rings is 1. The van der Waals surface area contributed by atoms with E-state index < -0.39 is 10.0 Å². The molecular formula is C16H21N3O3S2. The summed E-state index contributed by atoms with van der Waals surface area (Å²) in [5, 5.41) is 6.98. The topological polar surface area (TPSA) is 78.5 Å². The number of rotatable bonds is 7. The first-order chi connectivity index (χ1) is 11.3. The monoisotopic (exact) mass is 367 g/mol.